The second-order valence-corrected chi connectivity index (χ2v) is 5.19. The molecule has 3 aromatic rings. The van der Waals surface area contributed by atoms with Gasteiger partial charge in [0.1, 0.15) is 11.5 Å². The van der Waals surface area contributed by atoms with Gasteiger partial charge in [-0.25, -0.2) is 4.39 Å². The summed E-state index contributed by atoms with van der Waals surface area (Å²) in [6.07, 6.45) is 0.906. The van der Waals surface area contributed by atoms with Crippen LogP contribution in [0.1, 0.15) is 18.2 Å². The number of H-pyrrole nitrogens is 1. The fourth-order valence-corrected chi connectivity index (χ4v) is 2.45. The summed E-state index contributed by atoms with van der Waals surface area (Å²) in [6.45, 7) is 1.36. The van der Waals surface area contributed by atoms with E-state index in [1.54, 1.807) is 18.2 Å². The molecule has 7 heteroatoms. The summed E-state index contributed by atoms with van der Waals surface area (Å²) in [5.41, 5.74) is 2.14. The van der Waals surface area contributed by atoms with Crippen molar-refractivity contribution in [2.45, 2.75) is 12.3 Å². The Bertz CT molecular complexity index is 775. The highest BCUT2D eigenvalue weighted by molar-refractivity contribution is 5.64. The number of hydrogen-bond donors (Lipinski definition) is 1. The molecule has 22 heavy (non-hydrogen) atoms. The van der Waals surface area contributed by atoms with Gasteiger partial charge in [0.15, 0.2) is 5.82 Å². The number of nitrogens with one attached hydrogen (secondary N) is 1. The molecule has 0 radical (unpaired) electrons. The average Bonchev–Trinajstić information content (AvgIpc) is 3.27. The van der Waals surface area contributed by atoms with Gasteiger partial charge in [-0.15, -0.1) is 0 Å². The van der Waals surface area contributed by atoms with Gasteiger partial charge in [0.25, 0.3) is 5.89 Å². The molecule has 0 amide bonds. The van der Waals surface area contributed by atoms with Crippen LogP contribution in [-0.4, -0.2) is 33.6 Å². The van der Waals surface area contributed by atoms with Crippen molar-refractivity contribution in [3.8, 4) is 22.8 Å². The Morgan fingerprint density at radius 1 is 1.23 bits per heavy atom. The molecule has 1 fully saturated rings. The Balaban J connectivity index is 1.59. The fourth-order valence-electron chi connectivity index (χ4n) is 2.45. The Morgan fingerprint density at radius 3 is 2.86 bits per heavy atom. The molecule has 3 heterocycles. The molecule has 0 bridgehead atoms. The van der Waals surface area contributed by atoms with Crippen LogP contribution in [0.2, 0.25) is 0 Å². The maximum Gasteiger partial charge on any atom is 0.275 e. The molecule has 4 rings (SSSR count). The van der Waals surface area contributed by atoms with E-state index in [-0.39, 0.29) is 11.7 Å². The van der Waals surface area contributed by atoms with E-state index in [0.717, 1.165) is 18.6 Å². The number of benzene rings is 1. The lowest BCUT2D eigenvalue weighted by molar-refractivity contribution is 0.192. The van der Waals surface area contributed by atoms with Crippen LogP contribution in [0.15, 0.2) is 34.9 Å². The van der Waals surface area contributed by atoms with E-state index >= 15 is 0 Å². The van der Waals surface area contributed by atoms with E-state index < -0.39 is 0 Å². The topological polar surface area (TPSA) is 76.8 Å². The van der Waals surface area contributed by atoms with Crippen molar-refractivity contribution >= 4 is 0 Å². The largest absolute Gasteiger partial charge is 0.381 e. The van der Waals surface area contributed by atoms with Crippen LogP contribution in [0.3, 0.4) is 0 Å². The molecule has 1 saturated heterocycles. The highest BCUT2D eigenvalue weighted by Gasteiger charge is 2.24. The van der Waals surface area contributed by atoms with Crippen LogP contribution in [-0.2, 0) is 4.74 Å². The van der Waals surface area contributed by atoms with Crippen molar-refractivity contribution in [2.24, 2.45) is 0 Å². The fraction of sp³-hybridized carbons (Fsp3) is 0.267. The van der Waals surface area contributed by atoms with Gasteiger partial charge in [0, 0.05) is 18.1 Å². The number of ether oxygens (including phenoxy) is 1. The predicted molar refractivity (Wildman–Crippen MR) is 75.5 cm³/mol. The second-order valence-electron chi connectivity index (χ2n) is 5.19. The summed E-state index contributed by atoms with van der Waals surface area (Å²) in [6, 6.07) is 7.94. The van der Waals surface area contributed by atoms with Crippen LogP contribution in [0.25, 0.3) is 22.8 Å². The number of halogens is 1. The molecule has 0 saturated carbocycles. The quantitative estimate of drug-likeness (QED) is 0.805. The van der Waals surface area contributed by atoms with Crippen molar-refractivity contribution in [3.63, 3.8) is 0 Å². The normalized spacial score (nSPS) is 18.0. The first-order chi connectivity index (χ1) is 10.8. The molecule has 1 aromatic carbocycles. The molecule has 0 aliphatic carbocycles. The first kappa shape index (κ1) is 13.1. The third-order valence-corrected chi connectivity index (χ3v) is 3.68. The van der Waals surface area contributed by atoms with E-state index in [1.807, 2.05) is 0 Å². The number of rotatable bonds is 3. The summed E-state index contributed by atoms with van der Waals surface area (Å²) in [5.74, 6) is 0.963. The van der Waals surface area contributed by atoms with E-state index in [9.17, 15) is 4.39 Å². The van der Waals surface area contributed by atoms with Crippen LogP contribution in [0.5, 0.6) is 0 Å². The smallest absolute Gasteiger partial charge is 0.275 e. The van der Waals surface area contributed by atoms with E-state index in [2.05, 4.69) is 20.3 Å². The van der Waals surface area contributed by atoms with Crippen molar-refractivity contribution in [2.75, 3.05) is 13.2 Å². The standard InChI is InChI=1S/C15H13FN4O2/c16-11-3-1-9(2-4-11)12-7-13(19-18-12)15-17-14(20-22-15)10-5-6-21-8-10/h1-4,7,10H,5-6,8H2,(H,18,19)/t10-/m1/s1. The van der Waals surface area contributed by atoms with Crippen molar-refractivity contribution in [1.82, 2.24) is 20.3 Å². The number of hydrogen-bond acceptors (Lipinski definition) is 5. The maximum absolute atomic E-state index is 13.0. The van der Waals surface area contributed by atoms with Gasteiger partial charge in [0.2, 0.25) is 0 Å². The Labute approximate surface area is 125 Å². The predicted octanol–water partition coefficient (Wildman–Crippen LogP) is 2.77. The molecule has 112 valence electrons. The van der Waals surface area contributed by atoms with Gasteiger partial charge in [-0.2, -0.15) is 10.1 Å². The zero-order valence-electron chi connectivity index (χ0n) is 11.6. The van der Waals surface area contributed by atoms with Gasteiger partial charge in [0.05, 0.1) is 12.3 Å². The van der Waals surface area contributed by atoms with Gasteiger partial charge in [-0.3, -0.25) is 5.10 Å². The van der Waals surface area contributed by atoms with Crippen molar-refractivity contribution in [3.05, 3.63) is 42.0 Å². The summed E-state index contributed by atoms with van der Waals surface area (Å²) < 4.78 is 23.6. The summed E-state index contributed by atoms with van der Waals surface area (Å²) >= 11 is 0. The molecule has 0 spiro atoms. The Morgan fingerprint density at radius 2 is 2.09 bits per heavy atom. The Kier molecular flexibility index (Phi) is 3.19. The van der Waals surface area contributed by atoms with Gasteiger partial charge < -0.3 is 9.26 Å². The van der Waals surface area contributed by atoms with Crippen molar-refractivity contribution in [1.29, 1.82) is 0 Å². The maximum atomic E-state index is 13.0. The van der Waals surface area contributed by atoms with Gasteiger partial charge in [-0.1, -0.05) is 5.16 Å². The summed E-state index contributed by atoms with van der Waals surface area (Å²) in [7, 11) is 0. The SMILES string of the molecule is Fc1ccc(-c2cc(-c3nc([C@@H]4CCOC4)no3)[nH]n2)cc1. The first-order valence-electron chi connectivity index (χ1n) is 7.02. The highest BCUT2D eigenvalue weighted by atomic mass is 19.1. The zero-order valence-corrected chi connectivity index (χ0v) is 11.6. The molecular weight excluding hydrogens is 287 g/mol. The minimum Gasteiger partial charge on any atom is -0.381 e. The van der Waals surface area contributed by atoms with Crippen molar-refractivity contribution < 1.29 is 13.7 Å². The average molecular weight is 300 g/mol. The van der Waals surface area contributed by atoms with E-state index in [0.29, 0.717) is 29.7 Å². The molecule has 0 unspecified atom stereocenters. The zero-order chi connectivity index (χ0) is 14.9. The van der Waals surface area contributed by atoms with Gasteiger partial charge in [-0.05, 0) is 36.8 Å². The third-order valence-electron chi connectivity index (χ3n) is 3.68. The lowest BCUT2D eigenvalue weighted by Crippen LogP contribution is -1.99. The van der Waals surface area contributed by atoms with E-state index in [4.69, 9.17) is 9.26 Å². The molecule has 1 aliphatic rings. The van der Waals surface area contributed by atoms with Crippen LogP contribution < -0.4 is 0 Å². The minimum absolute atomic E-state index is 0.192. The second kappa shape index (κ2) is 5.34. The number of nitrogens with zero attached hydrogens (tertiary/aromatic N) is 3. The monoisotopic (exact) mass is 300 g/mol. The molecule has 1 N–H and O–H groups in total. The molecule has 6 nitrogen and oxygen atoms in total. The highest BCUT2D eigenvalue weighted by Crippen LogP contribution is 2.26. The lowest BCUT2D eigenvalue weighted by Gasteiger charge is -1.97. The molecule has 2 aromatic heterocycles. The summed E-state index contributed by atoms with van der Waals surface area (Å²) in [4.78, 5) is 4.39. The number of aromatic amines is 1. The molecule has 1 atom stereocenters. The minimum atomic E-state index is -0.278. The molecule has 1 aliphatic heterocycles. The molecular formula is C15H13FN4O2. The Hall–Kier alpha value is -2.54. The van der Waals surface area contributed by atoms with Gasteiger partial charge >= 0.3 is 0 Å². The van der Waals surface area contributed by atoms with E-state index in [1.165, 1.54) is 12.1 Å². The lowest BCUT2D eigenvalue weighted by atomic mass is 10.1. The van der Waals surface area contributed by atoms with Crippen LogP contribution in [0, 0.1) is 5.82 Å². The summed E-state index contributed by atoms with van der Waals surface area (Å²) in [5, 5.41) is 11.1. The number of aromatic nitrogens is 4. The van der Waals surface area contributed by atoms with Crippen LogP contribution in [0.4, 0.5) is 4.39 Å². The first-order valence-corrected chi connectivity index (χ1v) is 7.02. The third kappa shape index (κ3) is 2.39. The van der Waals surface area contributed by atoms with Crippen LogP contribution >= 0.6 is 0 Å².